The fourth-order valence-corrected chi connectivity index (χ4v) is 7.59. The van der Waals surface area contributed by atoms with Crippen molar-refractivity contribution < 1.29 is 4.42 Å². The SMILES string of the molecule is Cc1ccc(-n2c3ccccc3c3cc(-c4ccc5oc6cncc(-c7nc(-c8ccccc8)nc(-c8ccccc8)c7C)c6c5c4)ccc32)cc1. The zero-order valence-electron chi connectivity index (χ0n) is 28.7. The Morgan fingerprint density at radius 1 is 0.500 bits per heavy atom. The number of hydrogen-bond donors (Lipinski definition) is 0. The molecule has 0 aliphatic carbocycles. The van der Waals surface area contributed by atoms with E-state index in [0.29, 0.717) is 5.82 Å². The van der Waals surface area contributed by atoms with Crippen LogP contribution in [0.4, 0.5) is 0 Å². The van der Waals surface area contributed by atoms with Gasteiger partial charge < -0.3 is 8.98 Å². The van der Waals surface area contributed by atoms with Gasteiger partial charge in [-0.25, -0.2) is 9.97 Å². The summed E-state index contributed by atoms with van der Waals surface area (Å²) in [4.78, 5) is 15.0. The molecular formula is C47H32N4O. The molecule has 0 spiro atoms. The molecule has 0 fully saturated rings. The van der Waals surface area contributed by atoms with Crippen LogP contribution in [0.25, 0.3) is 94.5 Å². The van der Waals surface area contributed by atoms with Crippen molar-refractivity contribution in [3.8, 4) is 50.7 Å². The van der Waals surface area contributed by atoms with E-state index in [4.69, 9.17) is 14.4 Å². The zero-order valence-corrected chi connectivity index (χ0v) is 28.7. The van der Waals surface area contributed by atoms with Crippen LogP contribution in [0.1, 0.15) is 11.1 Å². The van der Waals surface area contributed by atoms with Crippen LogP contribution in [0, 0.1) is 13.8 Å². The molecule has 10 aromatic rings. The third kappa shape index (κ3) is 4.82. The van der Waals surface area contributed by atoms with E-state index in [9.17, 15) is 0 Å². The molecule has 0 bridgehead atoms. The Kier molecular flexibility index (Phi) is 6.86. The summed E-state index contributed by atoms with van der Waals surface area (Å²) in [7, 11) is 0. The summed E-state index contributed by atoms with van der Waals surface area (Å²) in [6, 6.07) is 51.1. The smallest absolute Gasteiger partial charge is 0.160 e. The molecule has 0 unspecified atom stereocenters. The first-order chi connectivity index (χ1) is 25.6. The van der Waals surface area contributed by atoms with Crippen molar-refractivity contribution in [3.63, 3.8) is 0 Å². The van der Waals surface area contributed by atoms with E-state index in [-0.39, 0.29) is 0 Å². The zero-order chi connectivity index (χ0) is 34.8. The summed E-state index contributed by atoms with van der Waals surface area (Å²) >= 11 is 0. The maximum absolute atomic E-state index is 6.45. The molecule has 10 rings (SSSR count). The molecule has 4 aromatic heterocycles. The molecule has 0 amide bonds. The highest BCUT2D eigenvalue weighted by molar-refractivity contribution is 6.14. The van der Waals surface area contributed by atoms with Crippen molar-refractivity contribution in [2.45, 2.75) is 13.8 Å². The van der Waals surface area contributed by atoms with Gasteiger partial charge in [0.1, 0.15) is 5.58 Å². The molecule has 52 heavy (non-hydrogen) atoms. The molecule has 246 valence electrons. The topological polar surface area (TPSA) is 56.7 Å². The molecule has 0 radical (unpaired) electrons. The van der Waals surface area contributed by atoms with Crippen LogP contribution in [-0.4, -0.2) is 19.5 Å². The minimum absolute atomic E-state index is 0.670. The number of para-hydroxylation sites is 1. The molecule has 0 aliphatic heterocycles. The van der Waals surface area contributed by atoms with Crippen LogP contribution in [0.15, 0.2) is 162 Å². The van der Waals surface area contributed by atoms with Gasteiger partial charge in [0.05, 0.1) is 28.6 Å². The lowest BCUT2D eigenvalue weighted by molar-refractivity contribution is 0.667. The van der Waals surface area contributed by atoms with E-state index in [1.54, 1.807) is 6.20 Å². The van der Waals surface area contributed by atoms with Gasteiger partial charge in [-0.15, -0.1) is 0 Å². The summed E-state index contributed by atoms with van der Waals surface area (Å²) < 4.78 is 8.81. The van der Waals surface area contributed by atoms with Crippen LogP contribution in [0.2, 0.25) is 0 Å². The molecule has 0 atom stereocenters. The maximum atomic E-state index is 6.45. The normalized spacial score (nSPS) is 11.7. The van der Waals surface area contributed by atoms with Gasteiger partial charge in [0.25, 0.3) is 0 Å². The van der Waals surface area contributed by atoms with Crippen molar-refractivity contribution in [1.29, 1.82) is 0 Å². The fraction of sp³-hybridized carbons (Fsp3) is 0.0426. The third-order valence-electron chi connectivity index (χ3n) is 10.2. The minimum atomic E-state index is 0.670. The number of pyridine rings is 1. The van der Waals surface area contributed by atoms with E-state index < -0.39 is 0 Å². The van der Waals surface area contributed by atoms with E-state index >= 15 is 0 Å². The molecular weight excluding hydrogens is 637 g/mol. The number of rotatable bonds is 5. The Balaban J connectivity index is 1.17. The van der Waals surface area contributed by atoms with Gasteiger partial charge in [0.15, 0.2) is 11.4 Å². The van der Waals surface area contributed by atoms with Crippen molar-refractivity contribution >= 4 is 43.7 Å². The fourth-order valence-electron chi connectivity index (χ4n) is 7.59. The number of hydrogen-bond acceptors (Lipinski definition) is 4. The lowest BCUT2D eigenvalue weighted by Crippen LogP contribution is -2.00. The Bertz CT molecular complexity index is 2960. The van der Waals surface area contributed by atoms with Crippen LogP contribution in [0.5, 0.6) is 0 Å². The van der Waals surface area contributed by atoms with Crippen molar-refractivity contribution in [2.24, 2.45) is 0 Å². The second kappa shape index (κ2) is 11.9. The molecule has 5 nitrogen and oxygen atoms in total. The van der Waals surface area contributed by atoms with Gasteiger partial charge in [0, 0.05) is 55.7 Å². The quantitative estimate of drug-likeness (QED) is 0.183. The largest absolute Gasteiger partial charge is 0.454 e. The summed E-state index contributed by atoms with van der Waals surface area (Å²) in [5.74, 6) is 0.670. The monoisotopic (exact) mass is 668 g/mol. The Labute approximate surface area is 300 Å². The van der Waals surface area contributed by atoms with Crippen LogP contribution in [-0.2, 0) is 0 Å². The minimum Gasteiger partial charge on any atom is -0.454 e. The molecule has 5 heteroatoms. The standard InChI is InChI=1S/C47H32N4O/c1-29-17-21-35(22-18-29)51-40-16-10-9-15-36(40)37-25-33(19-23-41(37)51)34-20-24-42-38(26-34)44-39(27-48-28-43(44)52-42)46-30(2)45(31-11-5-3-6-12-31)49-47(50-46)32-13-7-4-8-14-32/h3-28H,1-2H3. The number of benzene rings is 6. The molecule has 4 heterocycles. The van der Waals surface area contributed by atoms with Gasteiger partial charge in [-0.05, 0) is 67.4 Å². The Morgan fingerprint density at radius 3 is 1.94 bits per heavy atom. The summed E-state index contributed by atoms with van der Waals surface area (Å²) in [6.45, 7) is 4.22. The lowest BCUT2D eigenvalue weighted by Gasteiger charge is -2.14. The van der Waals surface area contributed by atoms with Crippen molar-refractivity contribution in [1.82, 2.24) is 19.5 Å². The van der Waals surface area contributed by atoms with Crippen LogP contribution < -0.4 is 0 Å². The van der Waals surface area contributed by atoms with E-state index in [1.165, 1.54) is 27.4 Å². The number of aryl methyl sites for hydroxylation is 1. The first kappa shape index (κ1) is 30.0. The molecule has 0 aliphatic rings. The van der Waals surface area contributed by atoms with E-state index in [0.717, 1.165) is 72.4 Å². The van der Waals surface area contributed by atoms with E-state index in [2.05, 4.69) is 133 Å². The van der Waals surface area contributed by atoms with Gasteiger partial charge >= 0.3 is 0 Å². The number of fused-ring (bicyclic) bond motifs is 6. The average molecular weight is 669 g/mol. The second-order valence-electron chi connectivity index (χ2n) is 13.4. The van der Waals surface area contributed by atoms with Gasteiger partial charge in [-0.1, -0.05) is 109 Å². The Morgan fingerprint density at radius 2 is 1.15 bits per heavy atom. The molecule has 0 saturated heterocycles. The second-order valence-corrected chi connectivity index (χ2v) is 13.4. The first-order valence-electron chi connectivity index (χ1n) is 17.5. The van der Waals surface area contributed by atoms with Crippen molar-refractivity contribution in [3.05, 3.63) is 169 Å². The summed E-state index contributed by atoms with van der Waals surface area (Å²) in [5.41, 5.74) is 14.2. The summed E-state index contributed by atoms with van der Waals surface area (Å²) in [5, 5.41) is 4.45. The third-order valence-corrected chi connectivity index (χ3v) is 10.2. The van der Waals surface area contributed by atoms with Crippen LogP contribution >= 0.6 is 0 Å². The number of aromatic nitrogens is 4. The predicted octanol–water partition coefficient (Wildman–Crippen LogP) is 12.2. The molecule has 0 saturated carbocycles. The lowest BCUT2D eigenvalue weighted by atomic mass is 9.97. The van der Waals surface area contributed by atoms with E-state index in [1.807, 2.05) is 42.6 Å². The maximum Gasteiger partial charge on any atom is 0.160 e. The predicted molar refractivity (Wildman–Crippen MR) is 213 cm³/mol. The van der Waals surface area contributed by atoms with Crippen molar-refractivity contribution in [2.75, 3.05) is 0 Å². The summed E-state index contributed by atoms with van der Waals surface area (Å²) in [6.07, 6.45) is 3.71. The Hall–Kier alpha value is -6.85. The number of furan rings is 1. The van der Waals surface area contributed by atoms with Gasteiger partial charge in [-0.2, -0.15) is 0 Å². The molecule has 6 aromatic carbocycles. The highest BCUT2D eigenvalue weighted by atomic mass is 16.3. The molecule has 0 N–H and O–H groups in total. The average Bonchev–Trinajstić information content (AvgIpc) is 3.74. The highest BCUT2D eigenvalue weighted by Crippen LogP contribution is 2.41. The van der Waals surface area contributed by atoms with Gasteiger partial charge in [-0.3, -0.25) is 4.98 Å². The first-order valence-corrected chi connectivity index (χ1v) is 17.5. The van der Waals surface area contributed by atoms with Gasteiger partial charge in [0.2, 0.25) is 0 Å². The van der Waals surface area contributed by atoms with Crippen LogP contribution in [0.3, 0.4) is 0 Å². The highest BCUT2D eigenvalue weighted by Gasteiger charge is 2.21. The number of nitrogens with zero attached hydrogens (tertiary/aromatic N) is 4.